The Hall–Kier alpha value is -3.08. The first-order chi connectivity index (χ1) is 15.0. The van der Waals surface area contributed by atoms with Crippen LogP contribution in [0.3, 0.4) is 0 Å². The van der Waals surface area contributed by atoms with E-state index >= 15 is 0 Å². The van der Waals surface area contributed by atoms with Crippen molar-refractivity contribution in [1.29, 1.82) is 0 Å². The van der Waals surface area contributed by atoms with Gasteiger partial charge >= 0.3 is 11.9 Å². The summed E-state index contributed by atoms with van der Waals surface area (Å²) >= 11 is 0. The fraction of sp³-hybridized carbons (Fsp3) is 0.385. The minimum absolute atomic E-state index is 0.138. The Kier molecular flexibility index (Phi) is 7.88. The smallest absolute Gasteiger partial charge is 0.348 e. The predicted octanol–water partition coefficient (Wildman–Crippen LogP) is 6.50. The average Bonchev–Trinajstić information content (AvgIpc) is 2.75. The average molecular weight is 423 g/mol. The van der Waals surface area contributed by atoms with Crippen LogP contribution in [0, 0.1) is 0 Å². The Balaban J connectivity index is 1.81. The fourth-order valence-corrected chi connectivity index (χ4v) is 3.54. The first-order valence-electron chi connectivity index (χ1n) is 11.0. The lowest BCUT2D eigenvalue weighted by molar-refractivity contribution is -0.130. The van der Waals surface area contributed by atoms with Crippen LogP contribution in [-0.2, 0) is 4.79 Å². The summed E-state index contributed by atoms with van der Waals surface area (Å²) in [6.45, 7) is 7.93. The van der Waals surface area contributed by atoms with Gasteiger partial charge in [-0.2, -0.15) is 0 Å². The van der Waals surface area contributed by atoms with E-state index in [0.717, 1.165) is 18.4 Å². The number of unbranched alkanes of at least 4 members (excludes halogenated alkanes) is 6. The highest BCUT2D eigenvalue weighted by Crippen LogP contribution is 2.41. The fourth-order valence-electron chi connectivity index (χ4n) is 3.54. The lowest BCUT2D eigenvalue weighted by Crippen LogP contribution is -2.17. The van der Waals surface area contributed by atoms with Gasteiger partial charge in [0.2, 0.25) is 0 Å². The summed E-state index contributed by atoms with van der Waals surface area (Å²) in [5.74, 6) is -0.0304. The molecule has 0 aliphatic carbocycles. The van der Waals surface area contributed by atoms with E-state index in [2.05, 4.69) is 13.5 Å². The van der Waals surface area contributed by atoms with Crippen molar-refractivity contribution in [2.45, 2.75) is 58.8 Å². The van der Waals surface area contributed by atoms with Crippen LogP contribution in [0.25, 0.3) is 11.1 Å². The highest BCUT2D eigenvalue weighted by molar-refractivity contribution is 6.04. The molecule has 5 heteroatoms. The second kappa shape index (κ2) is 10.8. The summed E-state index contributed by atoms with van der Waals surface area (Å²) < 4.78 is 17.0. The predicted molar refractivity (Wildman–Crippen MR) is 121 cm³/mol. The quantitative estimate of drug-likeness (QED) is 0.179. The zero-order chi connectivity index (χ0) is 22.2. The molecule has 0 saturated heterocycles. The number of ether oxygens (including phenoxy) is 3. The normalized spacial score (nSPS) is 11.9. The van der Waals surface area contributed by atoms with E-state index in [1.807, 2.05) is 12.1 Å². The number of rotatable bonds is 11. The lowest BCUT2D eigenvalue weighted by atomic mass is 9.96. The van der Waals surface area contributed by atoms with Crippen molar-refractivity contribution in [3.05, 3.63) is 54.1 Å². The van der Waals surface area contributed by atoms with Crippen molar-refractivity contribution in [2.24, 2.45) is 0 Å². The maximum Gasteiger partial charge on any atom is 0.348 e. The van der Waals surface area contributed by atoms with Crippen LogP contribution < -0.4 is 14.2 Å². The van der Waals surface area contributed by atoms with Gasteiger partial charge in [0.1, 0.15) is 22.8 Å². The second-order valence-corrected chi connectivity index (χ2v) is 7.87. The number of hydrogen-bond acceptors (Lipinski definition) is 5. The molecule has 2 aliphatic rings. The third kappa shape index (κ3) is 5.75. The summed E-state index contributed by atoms with van der Waals surface area (Å²) in [7, 11) is 0. The second-order valence-electron chi connectivity index (χ2n) is 7.87. The maximum absolute atomic E-state index is 12.9. The van der Waals surface area contributed by atoms with Gasteiger partial charge in [-0.1, -0.05) is 64.2 Å². The molecule has 0 fully saturated rings. The molecule has 5 nitrogen and oxygen atoms in total. The maximum atomic E-state index is 12.9. The van der Waals surface area contributed by atoms with Crippen LogP contribution in [-0.4, -0.2) is 18.5 Å². The highest BCUT2D eigenvalue weighted by atomic mass is 16.6. The van der Waals surface area contributed by atoms with Gasteiger partial charge in [0.05, 0.1) is 6.61 Å². The Morgan fingerprint density at radius 2 is 1.55 bits per heavy atom. The van der Waals surface area contributed by atoms with Gasteiger partial charge in [0, 0.05) is 11.1 Å². The van der Waals surface area contributed by atoms with E-state index in [-0.39, 0.29) is 16.9 Å². The van der Waals surface area contributed by atoms with Crippen LogP contribution in [0.4, 0.5) is 0 Å². The van der Waals surface area contributed by atoms with Crippen LogP contribution in [0.5, 0.6) is 17.2 Å². The molecular formula is C26H30O5. The molecule has 0 unspecified atom stereocenters. The van der Waals surface area contributed by atoms with Gasteiger partial charge < -0.3 is 14.2 Å². The van der Waals surface area contributed by atoms with E-state index < -0.39 is 11.9 Å². The van der Waals surface area contributed by atoms with Gasteiger partial charge in [0.25, 0.3) is 0 Å². The Morgan fingerprint density at radius 1 is 0.903 bits per heavy atom. The van der Waals surface area contributed by atoms with Gasteiger partial charge in [-0.3, -0.25) is 0 Å². The first kappa shape index (κ1) is 22.6. The van der Waals surface area contributed by atoms with Gasteiger partial charge in [0.15, 0.2) is 0 Å². The topological polar surface area (TPSA) is 61.8 Å². The third-order valence-corrected chi connectivity index (χ3v) is 5.24. The highest BCUT2D eigenvalue weighted by Gasteiger charge is 2.28. The van der Waals surface area contributed by atoms with Crippen molar-refractivity contribution in [1.82, 2.24) is 0 Å². The monoisotopic (exact) mass is 422 g/mol. The molecule has 31 heavy (non-hydrogen) atoms. The summed E-state index contributed by atoms with van der Waals surface area (Å²) in [5.41, 5.74) is 1.81. The number of carbonyl (C=O) groups is 2. The first-order valence-corrected chi connectivity index (χ1v) is 11.0. The van der Waals surface area contributed by atoms with E-state index in [9.17, 15) is 9.59 Å². The molecule has 2 aromatic carbocycles. The molecule has 2 heterocycles. The van der Waals surface area contributed by atoms with Crippen molar-refractivity contribution >= 4 is 11.9 Å². The standard InChI is InChI=1S/C26H30O5/c1-4-5-6-7-8-9-10-17-29-21-15-16-22(31-25(27)18(2)3)24-23(21)19-11-13-20(14-12-19)30-26(24)28/h11-16H,2,4-10,17H2,1,3H3. The van der Waals surface area contributed by atoms with Crippen LogP contribution >= 0.6 is 0 Å². The minimum atomic E-state index is -0.595. The SMILES string of the molecule is C=C(C)C(=O)Oc1ccc(OCCCCCCCCC)c2c1C(=O)Oc1ccc-2cc1. The lowest BCUT2D eigenvalue weighted by Gasteiger charge is -2.20. The summed E-state index contributed by atoms with van der Waals surface area (Å²) in [6.07, 6.45) is 8.32. The number of carbonyl (C=O) groups excluding carboxylic acids is 2. The molecule has 4 rings (SSSR count). The number of esters is 2. The molecule has 164 valence electrons. The largest absolute Gasteiger partial charge is 0.493 e. The van der Waals surface area contributed by atoms with Crippen LogP contribution in [0.15, 0.2) is 48.6 Å². The Labute approximate surface area is 184 Å². The molecule has 0 saturated carbocycles. The molecule has 0 N–H and O–H groups in total. The van der Waals surface area contributed by atoms with E-state index in [4.69, 9.17) is 14.2 Å². The molecule has 0 aromatic heterocycles. The van der Waals surface area contributed by atoms with Crippen molar-refractivity contribution < 1.29 is 23.8 Å². The molecule has 2 aliphatic heterocycles. The third-order valence-electron chi connectivity index (χ3n) is 5.24. The van der Waals surface area contributed by atoms with E-state index in [1.54, 1.807) is 31.2 Å². The number of benzene rings is 2. The number of hydrogen-bond donors (Lipinski definition) is 0. The molecule has 2 aromatic rings. The molecule has 0 amide bonds. The zero-order valence-corrected chi connectivity index (χ0v) is 18.4. The molecule has 0 radical (unpaired) electrons. The van der Waals surface area contributed by atoms with Crippen molar-refractivity contribution in [2.75, 3.05) is 6.61 Å². The number of fused-ring (bicyclic) bond motifs is 3. The Bertz CT molecular complexity index is 943. The molecule has 2 bridgehead atoms. The van der Waals surface area contributed by atoms with E-state index in [0.29, 0.717) is 23.7 Å². The summed E-state index contributed by atoms with van der Waals surface area (Å²) in [5, 5.41) is 0. The van der Waals surface area contributed by atoms with E-state index in [1.165, 1.54) is 32.1 Å². The van der Waals surface area contributed by atoms with Gasteiger partial charge in [-0.15, -0.1) is 0 Å². The van der Waals surface area contributed by atoms with Crippen LogP contribution in [0.2, 0.25) is 0 Å². The molecular weight excluding hydrogens is 392 g/mol. The Morgan fingerprint density at radius 3 is 2.23 bits per heavy atom. The molecule has 0 atom stereocenters. The minimum Gasteiger partial charge on any atom is -0.493 e. The molecule has 0 spiro atoms. The van der Waals surface area contributed by atoms with Crippen LogP contribution in [0.1, 0.15) is 69.2 Å². The summed E-state index contributed by atoms with van der Waals surface area (Å²) in [6, 6.07) is 10.5. The van der Waals surface area contributed by atoms with Crippen molar-refractivity contribution in [3.63, 3.8) is 0 Å². The van der Waals surface area contributed by atoms with Gasteiger partial charge in [-0.05, 0) is 43.2 Å². The summed E-state index contributed by atoms with van der Waals surface area (Å²) in [4.78, 5) is 25.0. The van der Waals surface area contributed by atoms with Crippen molar-refractivity contribution in [3.8, 4) is 28.4 Å². The van der Waals surface area contributed by atoms with Gasteiger partial charge in [-0.25, -0.2) is 9.59 Å². The zero-order valence-electron chi connectivity index (χ0n) is 18.4.